The number of benzene rings is 2. The molecule has 34 heavy (non-hydrogen) atoms. The average Bonchev–Trinajstić information content (AvgIpc) is 3.15. The largest absolute Gasteiger partial charge is 0.481 e. The van der Waals surface area contributed by atoms with Crippen LogP contribution in [-0.2, 0) is 22.6 Å². The standard InChI is InChI=1S/C27H33N3O4/c1-18(2)13-21(15-25(31)32)26(33)29-19(3)14-22-17-30(24-12-8-7-11-23(22)24)27(34)28-16-20-9-5-4-6-10-20/h4-12,17-19,21H,13-16H2,1-3H3,(H,28,34)(H,29,33)(H,31,32)/t19-,21?/m1/s1. The first-order chi connectivity index (χ1) is 16.2. The van der Waals surface area contributed by atoms with Gasteiger partial charge < -0.3 is 15.7 Å². The van der Waals surface area contributed by atoms with Gasteiger partial charge in [-0.2, -0.15) is 0 Å². The monoisotopic (exact) mass is 463 g/mol. The van der Waals surface area contributed by atoms with Crippen molar-refractivity contribution < 1.29 is 19.5 Å². The van der Waals surface area contributed by atoms with Crippen LogP contribution in [0.4, 0.5) is 4.79 Å². The zero-order valence-corrected chi connectivity index (χ0v) is 20.0. The molecule has 180 valence electrons. The van der Waals surface area contributed by atoms with Gasteiger partial charge in [-0.05, 0) is 42.9 Å². The number of hydrogen-bond acceptors (Lipinski definition) is 3. The molecular weight excluding hydrogens is 430 g/mol. The molecule has 2 aromatic carbocycles. The predicted octanol–water partition coefficient (Wildman–Crippen LogP) is 4.58. The second-order valence-electron chi connectivity index (χ2n) is 9.22. The number of carbonyl (C=O) groups is 3. The fourth-order valence-electron chi connectivity index (χ4n) is 4.24. The van der Waals surface area contributed by atoms with Crippen molar-refractivity contribution in [3.05, 3.63) is 71.9 Å². The summed E-state index contributed by atoms with van der Waals surface area (Å²) >= 11 is 0. The lowest BCUT2D eigenvalue weighted by Crippen LogP contribution is -2.39. The Hall–Kier alpha value is -3.61. The van der Waals surface area contributed by atoms with Crippen molar-refractivity contribution >= 4 is 28.8 Å². The van der Waals surface area contributed by atoms with E-state index in [-0.39, 0.29) is 30.3 Å². The molecule has 0 aliphatic rings. The molecule has 1 heterocycles. The zero-order valence-electron chi connectivity index (χ0n) is 20.0. The molecule has 0 saturated heterocycles. The topological polar surface area (TPSA) is 100 Å². The van der Waals surface area contributed by atoms with Gasteiger partial charge in [0.15, 0.2) is 0 Å². The van der Waals surface area contributed by atoms with Crippen molar-refractivity contribution in [2.75, 3.05) is 0 Å². The lowest BCUT2D eigenvalue weighted by Gasteiger charge is -2.20. The Balaban J connectivity index is 1.72. The average molecular weight is 464 g/mol. The van der Waals surface area contributed by atoms with Gasteiger partial charge in [-0.25, -0.2) is 4.79 Å². The third-order valence-electron chi connectivity index (χ3n) is 5.76. The number of fused-ring (bicyclic) bond motifs is 1. The number of carboxylic acids is 1. The van der Waals surface area contributed by atoms with Crippen LogP contribution >= 0.6 is 0 Å². The van der Waals surface area contributed by atoms with Gasteiger partial charge in [0.05, 0.1) is 11.9 Å². The molecule has 0 radical (unpaired) electrons. The van der Waals surface area contributed by atoms with E-state index >= 15 is 0 Å². The molecule has 3 rings (SSSR count). The number of para-hydroxylation sites is 1. The van der Waals surface area contributed by atoms with Gasteiger partial charge in [-0.15, -0.1) is 0 Å². The number of hydrogen-bond donors (Lipinski definition) is 3. The van der Waals surface area contributed by atoms with Crippen molar-refractivity contribution in [3.8, 4) is 0 Å². The minimum atomic E-state index is -0.974. The number of nitrogens with zero attached hydrogens (tertiary/aromatic N) is 1. The van der Waals surface area contributed by atoms with E-state index in [9.17, 15) is 19.5 Å². The highest BCUT2D eigenvalue weighted by Crippen LogP contribution is 2.23. The summed E-state index contributed by atoms with van der Waals surface area (Å²) in [5, 5.41) is 16.1. The molecule has 0 bridgehead atoms. The summed E-state index contributed by atoms with van der Waals surface area (Å²) in [5.74, 6) is -1.56. The first kappa shape index (κ1) is 25.0. The summed E-state index contributed by atoms with van der Waals surface area (Å²) in [6, 6.07) is 17.0. The third-order valence-corrected chi connectivity index (χ3v) is 5.76. The van der Waals surface area contributed by atoms with E-state index < -0.39 is 11.9 Å². The molecule has 7 nitrogen and oxygen atoms in total. The fourth-order valence-corrected chi connectivity index (χ4v) is 4.24. The van der Waals surface area contributed by atoms with E-state index in [4.69, 9.17) is 0 Å². The number of aromatic nitrogens is 1. The second-order valence-corrected chi connectivity index (χ2v) is 9.22. The minimum Gasteiger partial charge on any atom is -0.481 e. The quantitative estimate of drug-likeness (QED) is 0.410. The lowest BCUT2D eigenvalue weighted by atomic mass is 9.93. The maximum absolute atomic E-state index is 12.9. The molecule has 0 spiro atoms. The van der Waals surface area contributed by atoms with Crippen LogP contribution in [0.3, 0.4) is 0 Å². The number of carbonyl (C=O) groups excluding carboxylic acids is 2. The third kappa shape index (κ3) is 6.70. The Bertz CT molecular complexity index is 1140. The second kappa shape index (κ2) is 11.5. The molecule has 3 N–H and O–H groups in total. The van der Waals surface area contributed by atoms with Crippen LogP contribution in [0.15, 0.2) is 60.8 Å². The van der Waals surface area contributed by atoms with Crippen LogP contribution in [0.5, 0.6) is 0 Å². The number of aliphatic carboxylic acids is 1. The number of rotatable bonds is 10. The van der Waals surface area contributed by atoms with Gasteiger partial charge in [0.2, 0.25) is 5.91 Å². The van der Waals surface area contributed by atoms with E-state index in [1.54, 1.807) is 4.57 Å². The number of nitrogens with one attached hydrogen (secondary N) is 2. The van der Waals surface area contributed by atoms with E-state index in [1.807, 2.05) is 81.6 Å². The Labute approximate surface area is 200 Å². The predicted molar refractivity (Wildman–Crippen MR) is 133 cm³/mol. The Morgan fingerprint density at radius 2 is 1.65 bits per heavy atom. The highest BCUT2D eigenvalue weighted by atomic mass is 16.4. The molecule has 0 aliphatic heterocycles. The van der Waals surface area contributed by atoms with Gasteiger partial charge in [0.1, 0.15) is 0 Å². The van der Waals surface area contributed by atoms with Crippen LogP contribution in [0, 0.1) is 11.8 Å². The Kier molecular flexibility index (Phi) is 8.46. The summed E-state index contributed by atoms with van der Waals surface area (Å²) in [5.41, 5.74) is 2.75. The summed E-state index contributed by atoms with van der Waals surface area (Å²) in [6.45, 7) is 6.27. The minimum absolute atomic E-state index is 0.183. The molecule has 0 saturated carbocycles. The summed E-state index contributed by atoms with van der Waals surface area (Å²) < 4.78 is 1.61. The Morgan fingerprint density at radius 3 is 2.32 bits per heavy atom. The van der Waals surface area contributed by atoms with Crippen LogP contribution in [-0.4, -0.2) is 33.6 Å². The van der Waals surface area contributed by atoms with Crippen LogP contribution in [0.1, 0.15) is 44.7 Å². The van der Waals surface area contributed by atoms with Crippen molar-refractivity contribution in [2.24, 2.45) is 11.8 Å². The van der Waals surface area contributed by atoms with Crippen molar-refractivity contribution in [3.63, 3.8) is 0 Å². The molecule has 7 heteroatoms. The van der Waals surface area contributed by atoms with E-state index in [1.165, 1.54) is 0 Å². The molecular formula is C27H33N3O4. The van der Waals surface area contributed by atoms with E-state index in [2.05, 4.69) is 10.6 Å². The Morgan fingerprint density at radius 1 is 0.971 bits per heavy atom. The van der Waals surface area contributed by atoms with Crippen molar-refractivity contribution in [1.29, 1.82) is 0 Å². The maximum atomic E-state index is 12.9. The van der Waals surface area contributed by atoms with Gasteiger partial charge in [-0.1, -0.05) is 62.4 Å². The molecule has 1 unspecified atom stereocenters. The van der Waals surface area contributed by atoms with Crippen LogP contribution in [0.25, 0.3) is 10.9 Å². The molecule has 0 fully saturated rings. The molecule has 1 aromatic heterocycles. The SMILES string of the molecule is CC(C)CC(CC(=O)O)C(=O)N[C@H](C)Cc1cn(C(=O)NCc2ccccc2)c2ccccc12. The summed E-state index contributed by atoms with van der Waals surface area (Å²) in [4.78, 5) is 36.9. The lowest BCUT2D eigenvalue weighted by molar-refractivity contribution is -0.141. The summed E-state index contributed by atoms with van der Waals surface area (Å²) in [7, 11) is 0. The van der Waals surface area contributed by atoms with Gasteiger partial charge in [-0.3, -0.25) is 14.2 Å². The van der Waals surface area contributed by atoms with Crippen LogP contribution in [0.2, 0.25) is 0 Å². The number of amides is 2. The number of carboxylic acid groups (broad SMARTS) is 1. The molecule has 2 atom stereocenters. The normalized spacial score (nSPS) is 12.9. The van der Waals surface area contributed by atoms with Crippen LogP contribution < -0.4 is 10.6 Å². The molecule has 3 aromatic rings. The smallest absolute Gasteiger partial charge is 0.326 e. The van der Waals surface area contributed by atoms with Gasteiger partial charge in [0, 0.05) is 30.1 Å². The van der Waals surface area contributed by atoms with Gasteiger partial charge >= 0.3 is 12.0 Å². The van der Waals surface area contributed by atoms with E-state index in [0.717, 1.165) is 22.0 Å². The fraction of sp³-hybridized carbons (Fsp3) is 0.370. The molecule has 0 aliphatic carbocycles. The van der Waals surface area contributed by atoms with Gasteiger partial charge in [0.25, 0.3) is 0 Å². The summed E-state index contributed by atoms with van der Waals surface area (Å²) in [6.07, 6.45) is 2.67. The van der Waals surface area contributed by atoms with Crippen molar-refractivity contribution in [2.45, 2.75) is 52.6 Å². The zero-order chi connectivity index (χ0) is 24.7. The van der Waals surface area contributed by atoms with Crippen molar-refractivity contribution in [1.82, 2.24) is 15.2 Å². The highest BCUT2D eigenvalue weighted by Gasteiger charge is 2.24. The first-order valence-corrected chi connectivity index (χ1v) is 11.7. The van der Waals surface area contributed by atoms with E-state index in [0.29, 0.717) is 19.4 Å². The molecule has 2 amide bonds. The maximum Gasteiger partial charge on any atom is 0.326 e. The highest BCUT2D eigenvalue weighted by molar-refractivity contribution is 5.94. The first-order valence-electron chi connectivity index (χ1n) is 11.7.